The van der Waals surface area contributed by atoms with Crippen molar-refractivity contribution in [2.24, 2.45) is 0 Å². The Morgan fingerprint density at radius 3 is 2.76 bits per heavy atom. The Hall–Kier alpha value is -2.87. The minimum absolute atomic E-state index is 0.251. The number of hydrogen-bond donors (Lipinski definition) is 2. The minimum Gasteiger partial charge on any atom is -0.493 e. The summed E-state index contributed by atoms with van der Waals surface area (Å²) in [6.07, 6.45) is 6.35. The number of aliphatic hydroxyl groups excluding tert-OH is 1. The molecule has 1 aliphatic carbocycles. The molecule has 8 heteroatoms. The normalized spacial score (nSPS) is 15.7. The highest BCUT2D eigenvalue weighted by Crippen LogP contribution is 2.33. The highest BCUT2D eigenvalue weighted by atomic mass is 16.5. The van der Waals surface area contributed by atoms with Crippen molar-refractivity contribution in [3.8, 4) is 23.0 Å². The molecule has 1 unspecified atom stereocenters. The number of imidazole rings is 1. The first kappa shape index (κ1) is 19.4. The van der Waals surface area contributed by atoms with Crippen molar-refractivity contribution in [1.29, 1.82) is 0 Å². The lowest BCUT2D eigenvalue weighted by Crippen LogP contribution is -2.12. The van der Waals surface area contributed by atoms with Gasteiger partial charge >= 0.3 is 0 Å². The van der Waals surface area contributed by atoms with Gasteiger partial charge in [-0.1, -0.05) is 6.07 Å². The van der Waals surface area contributed by atoms with E-state index in [1.54, 1.807) is 20.4 Å². The molecule has 0 spiro atoms. The monoisotopic (exact) mass is 397 g/mol. The number of hydrogen-bond acceptors (Lipinski definition) is 7. The van der Waals surface area contributed by atoms with Gasteiger partial charge in [0.1, 0.15) is 5.82 Å². The predicted molar refractivity (Wildman–Crippen MR) is 109 cm³/mol. The van der Waals surface area contributed by atoms with Crippen LogP contribution in [-0.4, -0.2) is 43.9 Å². The molecule has 2 aliphatic heterocycles. The number of aliphatic hydroxyl groups is 1. The first-order valence-electron chi connectivity index (χ1n) is 10.0. The maximum Gasteiger partial charge on any atom is 0.166 e. The summed E-state index contributed by atoms with van der Waals surface area (Å²) in [4.78, 5) is 13.3. The number of aromatic nitrogens is 4. The molecule has 4 rings (SSSR count). The molecule has 3 aliphatic rings. The molecule has 8 nitrogen and oxygen atoms in total. The zero-order chi connectivity index (χ0) is 20.4. The second kappa shape index (κ2) is 8.24. The van der Waals surface area contributed by atoms with E-state index in [0.717, 1.165) is 29.9 Å². The van der Waals surface area contributed by atoms with Crippen LogP contribution in [0.15, 0.2) is 24.5 Å². The summed E-state index contributed by atoms with van der Waals surface area (Å²) in [5.74, 6) is 3.05. The fraction of sp³-hybridized carbons (Fsp3) is 0.476. The number of rotatable bonds is 7. The largest absolute Gasteiger partial charge is 0.493 e. The van der Waals surface area contributed by atoms with E-state index in [2.05, 4.69) is 15.0 Å². The highest BCUT2D eigenvalue weighted by molar-refractivity contribution is 5.65. The molecule has 0 aromatic heterocycles. The Labute approximate surface area is 170 Å². The number of nitrogens with two attached hydrogens (primary N) is 1. The summed E-state index contributed by atoms with van der Waals surface area (Å²) in [5.41, 5.74) is 7.58. The van der Waals surface area contributed by atoms with E-state index in [0.29, 0.717) is 36.1 Å². The Balaban J connectivity index is 1.62. The molecular formula is C21H27N5O3. The smallest absolute Gasteiger partial charge is 0.166 e. The van der Waals surface area contributed by atoms with Gasteiger partial charge in [-0.3, -0.25) is 0 Å². The van der Waals surface area contributed by atoms with Crippen LogP contribution in [0, 0.1) is 0 Å². The van der Waals surface area contributed by atoms with Crippen LogP contribution in [0.3, 0.4) is 0 Å². The van der Waals surface area contributed by atoms with Crippen LogP contribution in [0.25, 0.3) is 11.5 Å². The van der Waals surface area contributed by atoms with E-state index in [1.165, 1.54) is 12.8 Å². The number of methoxy groups -OCH3 is 1. The molecular weight excluding hydrogens is 370 g/mol. The first-order valence-corrected chi connectivity index (χ1v) is 10.0. The highest BCUT2D eigenvalue weighted by Gasteiger charge is 2.21. The van der Waals surface area contributed by atoms with E-state index in [4.69, 9.17) is 15.2 Å². The van der Waals surface area contributed by atoms with Crippen LogP contribution in [0.2, 0.25) is 0 Å². The number of nitrogens with zero attached hydrogens (tertiary/aromatic N) is 4. The van der Waals surface area contributed by atoms with Crippen molar-refractivity contribution in [1.82, 2.24) is 19.5 Å². The van der Waals surface area contributed by atoms with Crippen LogP contribution in [-0.2, 0) is 13.0 Å². The van der Waals surface area contributed by atoms with Gasteiger partial charge in [-0.05, 0) is 50.3 Å². The van der Waals surface area contributed by atoms with Crippen LogP contribution in [0.1, 0.15) is 44.0 Å². The number of benzene rings is 1. The molecule has 3 N–H and O–H groups in total. The van der Waals surface area contributed by atoms with Gasteiger partial charge in [0.25, 0.3) is 0 Å². The average Bonchev–Trinajstić information content (AvgIpc) is 3.34. The third kappa shape index (κ3) is 4.27. The molecule has 1 saturated carbocycles. The van der Waals surface area contributed by atoms with Gasteiger partial charge in [-0.15, -0.1) is 0 Å². The lowest BCUT2D eigenvalue weighted by Gasteiger charge is -2.17. The van der Waals surface area contributed by atoms with Gasteiger partial charge < -0.3 is 24.9 Å². The van der Waals surface area contributed by atoms with Crippen molar-refractivity contribution >= 4 is 5.82 Å². The van der Waals surface area contributed by atoms with Crippen LogP contribution in [0.4, 0.5) is 5.82 Å². The maximum absolute atomic E-state index is 9.64. The molecule has 0 amide bonds. The molecule has 154 valence electrons. The SMILES string of the molecule is COc1ccc(Cn2cnc(N)c3nc(CC(C)O)nc2-3)cc1OC1CCCC1. The summed E-state index contributed by atoms with van der Waals surface area (Å²) in [7, 11) is 1.65. The van der Waals surface area contributed by atoms with E-state index < -0.39 is 6.10 Å². The van der Waals surface area contributed by atoms with Gasteiger partial charge in [0, 0.05) is 6.42 Å². The molecule has 2 heterocycles. The number of anilines is 1. The average molecular weight is 397 g/mol. The minimum atomic E-state index is -0.522. The Kier molecular flexibility index (Phi) is 5.53. The predicted octanol–water partition coefficient (Wildman–Crippen LogP) is 2.66. The molecule has 29 heavy (non-hydrogen) atoms. The zero-order valence-electron chi connectivity index (χ0n) is 16.8. The Morgan fingerprint density at radius 2 is 2.03 bits per heavy atom. The second-order valence-electron chi connectivity index (χ2n) is 7.63. The lowest BCUT2D eigenvalue weighted by atomic mass is 10.2. The van der Waals surface area contributed by atoms with E-state index >= 15 is 0 Å². The van der Waals surface area contributed by atoms with Gasteiger partial charge in [0.2, 0.25) is 0 Å². The van der Waals surface area contributed by atoms with Crippen molar-refractivity contribution in [3.05, 3.63) is 35.9 Å². The van der Waals surface area contributed by atoms with Gasteiger partial charge in [0.05, 0.1) is 32.2 Å². The van der Waals surface area contributed by atoms with Gasteiger partial charge in [-0.2, -0.15) is 0 Å². The van der Waals surface area contributed by atoms with Crippen LogP contribution in [0.5, 0.6) is 11.5 Å². The first-order chi connectivity index (χ1) is 14.0. The van der Waals surface area contributed by atoms with E-state index in [-0.39, 0.29) is 6.10 Å². The molecule has 1 atom stereocenters. The standard InChI is InChI=1S/C21H27N5O3/c1-13(27)9-18-24-19-20(22)23-12-26(21(19)25-18)11-14-7-8-16(28-2)17(10-14)29-15-5-3-4-6-15/h7-8,10,12-13,15,27H,3-6,9,11,22H2,1-2H3. The summed E-state index contributed by atoms with van der Waals surface area (Å²) in [6.45, 7) is 2.25. The summed E-state index contributed by atoms with van der Waals surface area (Å²) in [5, 5.41) is 9.64. The fourth-order valence-corrected chi connectivity index (χ4v) is 3.76. The van der Waals surface area contributed by atoms with Crippen molar-refractivity contribution in [2.75, 3.05) is 12.8 Å². The Bertz CT molecular complexity index is 950. The zero-order valence-corrected chi connectivity index (χ0v) is 16.8. The van der Waals surface area contributed by atoms with Crippen LogP contribution >= 0.6 is 0 Å². The number of ether oxygens (including phenoxy) is 2. The molecule has 1 aromatic carbocycles. The number of nitrogen functional groups attached to an aromatic ring is 1. The fourth-order valence-electron chi connectivity index (χ4n) is 3.76. The topological polar surface area (TPSA) is 108 Å². The molecule has 1 fully saturated rings. The molecule has 0 saturated heterocycles. The molecule has 0 bridgehead atoms. The quantitative estimate of drug-likeness (QED) is 0.631. The van der Waals surface area contributed by atoms with Gasteiger partial charge in [0.15, 0.2) is 28.8 Å². The summed E-state index contributed by atoms with van der Waals surface area (Å²) >= 11 is 0. The third-order valence-electron chi connectivity index (χ3n) is 5.19. The second-order valence-corrected chi connectivity index (χ2v) is 7.63. The van der Waals surface area contributed by atoms with Crippen molar-refractivity contribution in [3.63, 3.8) is 0 Å². The third-order valence-corrected chi connectivity index (χ3v) is 5.19. The van der Waals surface area contributed by atoms with Gasteiger partial charge in [-0.25, -0.2) is 15.0 Å². The van der Waals surface area contributed by atoms with Crippen molar-refractivity contribution < 1.29 is 14.6 Å². The summed E-state index contributed by atoms with van der Waals surface area (Å²) in [6, 6.07) is 5.94. The van der Waals surface area contributed by atoms with Crippen LogP contribution < -0.4 is 15.2 Å². The molecule has 0 radical (unpaired) electrons. The summed E-state index contributed by atoms with van der Waals surface area (Å²) < 4.78 is 13.6. The van der Waals surface area contributed by atoms with E-state index in [1.807, 2.05) is 22.8 Å². The van der Waals surface area contributed by atoms with Crippen molar-refractivity contribution in [2.45, 2.75) is 57.8 Å². The maximum atomic E-state index is 9.64. The van der Waals surface area contributed by atoms with E-state index in [9.17, 15) is 5.11 Å². The Morgan fingerprint density at radius 1 is 1.24 bits per heavy atom. The molecule has 1 aromatic rings. The number of fused-ring (bicyclic) bond motifs is 1. The lowest BCUT2D eigenvalue weighted by molar-refractivity contribution is 0.193.